The van der Waals surface area contributed by atoms with Crippen molar-refractivity contribution in [2.45, 2.75) is 20.3 Å². The summed E-state index contributed by atoms with van der Waals surface area (Å²) in [6.45, 7) is 3.97. The van der Waals surface area contributed by atoms with Crippen molar-refractivity contribution in [3.05, 3.63) is 53.6 Å². The molecule has 25 heavy (non-hydrogen) atoms. The quantitative estimate of drug-likeness (QED) is 0.466. The minimum Gasteiger partial charge on any atom is -0.493 e. The van der Waals surface area contributed by atoms with E-state index in [1.165, 1.54) is 0 Å². The third-order valence-electron chi connectivity index (χ3n) is 3.65. The first-order chi connectivity index (χ1) is 12.0. The molecule has 0 aliphatic carbocycles. The highest BCUT2D eigenvalue weighted by Gasteiger charge is 2.06. The van der Waals surface area contributed by atoms with Gasteiger partial charge in [-0.15, -0.1) is 0 Å². The molecule has 2 aromatic rings. The summed E-state index contributed by atoms with van der Waals surface area (Å²) in [5.74, 6) is 1.42. The van der Waals surface area contributed by atoms with E-state index in [0.29, 0.717) is 23.0 Å². The van der Waals surface area contributed by atoms with Crippen LogP contribution >= 0.6 is 12.2 Å². The molecular weight excluding hydrogens is 334 g/mol. The molecule has 0 unspecified atom stereocenters. The van der Waals surface area contributed by atoms with Gasteiger partial charge in [-0.3, -0.25) is 5.43 Å². The molecule has 0 aliphatic rings. The fraction of sp³-hybridized carbons (Fsp3) is 0.263. The van der Waals surface area contributed by atoms with Gasteiger partial charge in [0.05, 0.1) is 14.2 Å². The number of thiocarbonyl (C=S) groups is 1. The van der Waals surface area contributed by atoms with Crippen LogP contribution in [-0.2, 0) is 6.42 Å². The molecule has 0 spiro atoms. The molecule has 2 N–H and O–H groups in total. The van der Waals surface area contributed by atoms with Gasteiger partial charge in [0, 0.05) is 17.8 Å². The van der Waals surface area contributed by atoms with Crippen molar-refractivity contribution in [2.75, 3.05) is 19.5 Å². The van der Waals surface area contributed by atoms with Crippen LogP contribution in [0.25, 0.3) is 0 Å². The Balaban J connectivity index is 1.95. The van der Waals surface area contributed by atoms with E-state index >= 15 is 0 Å². The molecule has 5 nitrogen and oxygen atoms in total. The van der Waals surface area contributed by atoms with Gasteiger partial charge in [-0.1, -0.05) is 24.3 Å². The number of para-hydroxylation sites is 1. The number of aryl methyl sites for hydroxylation is 1. The lowest BCUT2D eigenvalue weighted by Gasteiger charge is -2.11. The van der Waals surface area contributed by atoms with Gasteiger partial charge >= 0.3 is 0 Å². The molecule has 0 atom stereocenters. The zero-order valence-corrected chi connectivity index (χ0v) is 15.7. The lowest BCUT2D eigenvalue weighted by atomic mass is 10.1. The number of hydrogen-bond donors (Lipinski definition) is 2. The molecule has 2 aromatic carbocycles. The number of rotatable bonds is 6. The van der Waals surface area contributed by atoms with Crippen LogP contribution in [0.3, 0.4) is 0 Å². The Morgan fingerprint density at radius 1 is 1.08 bits per heavy atom. The Labute approximate surface area is 154 Å². The van der Waals surface area contributed by atoms with Crippen molar-refractivity contribution < 1.29 is 9.47 Å². The summed E-state index contributed by atoms with van der Waals surface area (Å²) in [5, 5.41) is 7.93. The lowest BCUT2D eigenvalue weighted by molar-refractivity contribution is 0.354. The van der Waals surface area contributed by atoms with Gasteiger partial charge in [-0.2, -0.15) is 5.10 Å². The lowest BCUT2D eigenvalue weighted by Crippen LogP contribution is -2.25. The minimum atomic E-state index is 0.459. The standard InChI is InChI=1S/C19H23N3O2S/c1-13-7-5-6-8-16(13)20-19(25)22-21-14(2)11-15-9-10-17(23-3)18(12-15)24-4/h5-10,12H,11H2,1-4H3,(H2,20,22,25)/b21-14-. The van der Waals surface area contributed by atoms with Crippen molar-refractivity contribution in [1.29, 1.82) is 0 Å². The molecule has 0 saturated heterocycles. The van der Waals surface area contributed by atoms with Crippen molar-refractivity contribution in [1.82, 2.24) is 5.43 Å². The van der Waals surface area contributed by atoms with Gasteiger partial charge in [0.15, 0.2) is 16.6 Å². The van der Waals surface area contributed by atoms with E-state index in [9.17, 15) is 0 Å². The first-order valence-electron chi connectivity index (χ1n) is 7.90. The summed E-state index contributed by atoms with van der Waals surface area (Å²) in [6.07, 6.45) is 0.681. The van der Waals surface area contributed by atoms with E-state index in [0.717, 1.165) is 22.5 Å². The smallest absolute Gasteiger partial charge is 0.191 e. The first kappa shape index (κ1) is 18.7. The molecule has 6 heteroatoms. The summed E-state index contributed by atoms with van der Waals surface area (Å²) in [5.41, 5.74) is 6.96. The van der Waals surface area contributed by atoms with E-state index in [1.54, 1.807) is 14.2 Å². The van der Waals surface area contributed by atoms with Crippen LogP contribution in [0.15, 0.2) is 47.6 Å². The molecule has 0 amide bonds. The van der Waals surface area contributed by atoms with Crippen LogP contribution in [0.2, 0.25) is 0 Å². The topological polar surface area (TPSA) is 54.9 Å². The highest BCUT2D eigenvalue weighted by Crippen LogP contribution is 2.27. The molecule has 0 radical (unpaired) electrons. The van der Waals surface area contributed by atoms with Crippen LogP contribution in [0.1, 0.15) is 18.1 Å². The van der Waals surface area contributed by atoms with Gasteiger partial charge in [0.1, 0.15) is 0 Å². The maximum absolute atomic E-state index is 5.32. The number of nitrogens with one attached hydrogen (secondary N) is 2. The van der Waals surface area contributed by atoms with Crippen molar-refractivity contribution in [2.24, 2.45) is 5.10 Å². The number of nitrogens with zero attached hydrogens (tertiary/aromatic N) is 1. The second-order valence-electron chi connectivity index (χ2n) is 5.59. The molecule has 0 fully saturated rings. The van der Waals surface area contributed by atoms with E-state index in [-0.39, 0.29) is 0 Å². The highest BCUT2D eigenvalue weighted by molar-refractivity contribution is 7.80. The van der Waals surface area contributed by atoms with Crippen LogP contribution in [0.5, 0.6) is 11.5 Å². The maximum atomic E-state index is 5.32. The molecule has 0 aliphatic heterocycles. The molecular formula is C19H23N3O2S. The Bertz CT molecular complexity index is 775. The van der Waals surface area contributed by atoms with E-state index in [4.69, 9.17) is 21.7 Å². The largest absolute Gasteiger partial charge is 0.493 e. The molecule has 0 aromatic heterocycles. The van der Waals surface area contributed by atoms with Crippen LogP contribution in [-0.4, -0.2) is 25.0 Å². The second kappa shape index (κ2) is 9.03. The number of benzene rings is 2. The number of hydrazone groups is 1. The predicted molar refractivity (Wildman–Crippen MR) is 107 cm³/mol. The highest BCUT2D eigenvalue weighted by atomic mass is 32.1. The fourth-order valence-electron chi connectivity index (χ4n) is 2.34. The SMILES string of the molecule is COc1ccc(C/C(C)=N\NC(=S)Nc2ccccc2C)cc1OC. The van der Waals surface area contributed by atoms with E-state index in [2.05, 4.69) is 15.8 Å². The summed E-state index contributed by atoms with van der Waals surface area (Å²) < 4.78 is 10.6. The van der Waals surface area contributed by atoms with Crippen molar-refractivity contribution >= 4 is 28.7 Å². The number of methoxy groups -OCH3 is 2. The molecule has 0 saturated carbocycles. The van der Waals surface area contributed by atoms with Gasteiger partial charge in [-0.25, -0.2) is 0 Å². The minimum absolute atomic E-state index is 0.459. The number of hydrogen-bond acceptors (Lipinski definition) is 4. The summed E-state index contributed by atoms with van der Waals surface area (Å²) >= 11 is 5.29. The molecule has 2 rings (SSSR count). The number of ether oxygens (including phenoxy) is 2. The summed E-state index contributed by atoms with van der Waals surface area (Å²) in [6, 6.07) is 13.8. The Morgan fingerprint density at radius 2 is 1.80 bits per heavy atom. The van der Waals surface area contributed by atoms with Gasteiger partial charge in [0.2, 0.25) is 0 Å². The average Bonchev–Trinajstić information content (AvgIpc) is 2.62. The van der Waals surface area contributed by atoms with Crippen molar-refractivity contribution in [3.8, 4) is 11.5 Å². The molecule has 0 heterocycles. The fourth-order valence-corrected chi connectivity index (χ4v) is 2.49. The molecule has 0 bridgehead atoms. The van der Waals surface area contributed by atoms with Gasteiger partial charge in [0.25, 0.3) is 0 Å². The zero-order chi connectivity index (χ0) is 18.2. The zero-order valence-electron chi connectivity index (χ0n) is 14.9. The number of anilines is 1. The Hall–Kier alpha value is -2.60. The van der Waals surface area contributed by atoms with Crippen molar-refractivity contribution in [3.63, 3.8) is 0 Å². The maximum Gasteiger partial charge on any atom is 0.191 e. The monoisotopic (exact) mass is 357 g/mol. The summed E-state index contributed by atoms with van der Waals surface area (Å²) in [4.78, 5) is 0. The van der Waals surface area contributed by atoms with Crippen LogP contribution in [0.4, 0.5) is 5.69 Å². The van der Waals surface area contributed by atoms with E-state index < -0.39 is 0 Å². The Kier molecular flexibility index (Phi) is 6.77. The van der Waals surface area contributed by atoms with E-state index in [1.807, 2.05) is 56.3 Å². The normalized spacial score (nSPS) is 11.0. The van der Waals surface area contributed by atoms with Gasteiger partial charge in [-0.05, 0) is 55.4 Å². The second-order valence-corrected chi connectivity index (χ2v) is 6.00. The third-order valence-corrected chi connectivity index (χ3v) is 3.84. The average molecular weight is 357 g/mol. The third kappa shape index (κ3) is 5.46. The first-order valence-corrected chi connectivity index (χ1v) is 8.31. The van der Waals surface area contributed by atoms with Crippen LogP contribution in [0, 0.1) is 6.92 Å². The summed E-state index contributed by atoms with van der Waals surface area (Å²) in [7, 11) is 3.25. The van der Waals surface area contributed by atoms with Crippen LogP contribution < -0.4 is 20.2 Å². The molecule has 132 valence electrons. The Morgan fingerprint density at radius 3 is 2.48 bits per heavy atom. The predicted octanol–water partition coefficient (Wildman–Crippen LogP) is 3.92. The van der Waals surface area contributed by atoms with Gasteiger partial charge < -0.3 is 14.8 Å².